The number of aryl methyl sites for hydroxylation is 2. The van der Waals surface area contributed by atoms with Crippen LogP contribution in [-0.4, -0.2) is 47.2 Å². The summed E-state index contributed by atoms with van der Waals surface area (Å²) < 4.78 is 11.1. The van der Waals surface area contributed by atoms with Gasteiger partial charge in [0.1, 0.15) is 12.4 Å². The van der Waals surface area contributed by atoms with Gasteiger partial charge in [0.25, 0.3) is 5.91 Å². The summed E-state index contributed by atoms with van der Waals surface area (Å²) in [6.45, 7) is 5.47. The lowest BCUT2D eigenvalue weighted by molar-refractivity contribution is 0.102. The maximum atomic E-state index is 12.9. The number of hydrogen-bond donors (Lipinski definition) is 1. The van der Waals surface area contributed by atoms with Crippen molar-refractivity contribution < 1.29 is 14.1 Å². The predicted octanol–water partition coefficient (Wildman–Crippen LogP) is 6.40. The fourth-order valence-corrected chi connectivity index (χ4v) is 4.79. The lowest BCUT2D eigenvalue weighted by Gasteiger charge is -2.20. The molecule has 190 valence electrons. The highest BCUT2D eigenvalue weighted by atomic mass is 35.5. The average Bonchev–Trinajstić information content (AvgIpc) is 3.52. The number of nitrogens with one attached hydrogen (secondary N) is 1. The van der Waals surface area contributed by atoms with Crippen molar-refractivity contribution in [1.29, 1.82) is 0 Å². The van der Waals surface area contributed by atoms with Gasteiger partial charge in [-0.3, -0.25) is 4.79 Å². The third-order valence-electron chi connectivity index (χ3n) is 6.76. The number of carbonyl (C=O) groups is 1. The van der Waals surface area contributed by atoms with Crippen molar-refractivity contribution in [3.8, 4) is 28.3 Å². The highest BCUT2D eigenvalue weighted by molar-refractivity contribution is 6.32. The Morgan fingerprint density at radius 1 is 1.11 bits per heavy atom. The summed E-state index contributed by atoms with van der Waals surface area (Å²) in [4.78, 5) is 19.5. The summed E-state index contributed by atoms with van der Waals surface area (Å²) in [6.07, 6.45) is 2.29. The summed E-state index contributed by atoms with van der Waals surface area (Å²) in [5.74, 6) is 1.48. The molecule has 3 aromatic carbocycles. The lowest BCUT2D eigenvalue weighted by Crippen LogP contribution is -2.30. The molecule has 1 aliphatic rings. The average molecular weight is 517 g/mol. The van der Waals surface area contributed by atoms with Crippen molar-refractivity contribution in [2.75, 3.05) is 25.5 Å². The van der Waals surface area contributed by atoms with Crippen LogP contribution in [0.3, 0.4) is 0 Å². The molecule has 0 aliphatic carbocycles. The van der Waals surface area contributed by atoms with Crippen molar-refractivity contribution in [2.45, 2.75) is 32.7 Å². The molecule has 2 heterocycles. The minimum absolute atomic E-state index is 0.199. The van der Waals surface area contributed by atoms with Crippen LogP contribution in [0.4, 0.5) is 5.69 Å². The number of nitrogens with zero attached hydrogens (tertiary/aromatic N) is 3. The number of likely N-dealkylation sites (N-methyl/N-ethyl adjacent to an activating group) is 1. The van der Waals surface area contributed by atoms with E-state index in [4.69, 9.17) is 20.9 Å². The van der Waals surface area contributed by atoms with Gasteiger partial charge in [0, 0.05) is 35.8 Å². The van der Waals surface area contributed by atoms with Crippen molar-refractivity contribution in [1.82, 2.24) is 15.0 Å². The maximum Gasteiger partial charge on any atom is 0.255 e. The zero-order valence-corrected chi connectivity index (χ0v) is 21.9. The molecule has 1 aliphatic heterocycles. The molecule has 1 atom stereocenters. The second-order valence-corrected chi connectivity index (χ2v) is 9.84. The van der Waals surface area contributed by atoms with Gasteiger partial charge in [-0.25, -0.2) is 0 Å². The predicted molar refractivity (Wildman–Crippen MR) is 145 cm³/mol. The van der Waals surface area contributed by atoms with Crippen LogP contribution in [0.1, 0.15) is 34.7 Å². The zero-order valence-electron chi connectivity index (χ0n) is 21.1. The van der Waals surface area contributed by atoms with Gasteiger partial charge < -0.3 is 19.5 Å². The van der Waals surface area contributed by atoms with E-state index in [1.165, 1.54) is 6.42 Å². The molecule has 4 aromatic rings. The first-order valence-corrected chi connectivity index (χ1v) is 12.7. The van der Waals surface area contributed by atoms with E-state index >= 15 is 0 Å². The number of amides is 1. The van der Waals surface area contributed by atoms with E-state index < -0.39 is 0 Å². The molecule has 37 heavy (non-hydrogen) atoms. The Bertz CT molecular complexity index is 1420. The zero-order chi connectivity index (χ0) is 25.9. The molecule has 1 aromatic heterocycles. The van der Waals surface area contributed by atoms with Gasteiger partial charge >= 0.3 is 0 Å². The van der Waals surface area contributed by atoms with E-state index in [1.807, 2.05) is 49.4 Å². The molecule has 1 fully saturated rings. The Kier molecular flexibility index (Phi) is 7.26. The smallest absolute Gasteiger partial charge is 0.255 e. The molecule has 0 radical (unpaired) electrons. The quantitative estimate of drug-likeness (QED) is 0.306. The first-order chi connectivity index (χ1) is 17.9. The second kappa shape index (κ2) is 10.7. The molecule has 0 saturated carbocycles. The van der Waals surface area contributed by atoms with Crippen molar-refractivity contribution in [3.63, 3.8) is 0 Å². The number of benzene rings is 3. The van der Waals surface area contributed by atoms with Crippen LogP contribution in [0.2, 0.25) is 5.02 Å². The molecule has 1 unspecified atom stereocenters. The van der Waals surface area contributed by atoms with Crippen LogP contribution in [0, 0.1) is 13.8 Å². The minimum atomic E-state index is -0.199. The number of rotatable bonds is 7. The van der Waals surface area contributed by atoms with E-state index in [0.717, 1.165) is 35.2 Å². The first kappa shape index (κ1) is 25.0. The van der Waals surface area contributed by atoms with Gasteiger partial charge in [-0.1, -0.05) is 41.0 Å². The molecule has 1 amide bonds. The monoisotopic (exact) mass is 516 g/mol. The highest BCUT2D eigenvalue weighted by Gasteiger charge is 2.22. The van der Waals surface area contributed by atoms with Crippen LogP contribution in [0.15, 0.2) is 65.2 Å². The number of anilines is 1. The molecule has 7 nitrogen and oxygen atoms in total. The minimum Gasteiger partial charge on any atom is -0.490 e. The van der Waals surface area contributed by atoms with Crippen LogP contribution in [0.5, 0.6) is 5.75 Å². The second-order valence-electron chi connectivity index (χ2n) is 9.43. The Hall–Kier alpha value is -3.68. The van der Waals surface area contributed by atoms with Gasteiger partial charge in [0.05, 0.1) is 5.02 Å². The van der Waals surface area contributed by atoms with E-state index in [9.17, 15) is 4.79 Å². The third-order valence-corrected chi connectivity index (χ3v) is 7.07. The van der Waals surface area contributed by atoms with Gasteiger partial charge in [-0.15, -0.1) is 0 Å². The van der Waals surface area contributed by atoms with Crippen LogP contribution < -0.4 is 10.1 Å². The SMILES string of the molecule is Cc1nc(-c2ccc(-c3ccc(C(=O)Nc4ccc(Cl)c(OCC5CCCN5C)c4)cc3)c(C)c2)no1. The Morgan fingerprint density at radius 2 is 1.89 bits per heavy atom. The Morgan fingerprint density at radius 3 is 2.57 bits per heavy atom. The lowest BCUT2D eigenvalue weighted by atomic mass is 9.97. The van der Waals surface area contributed by atoms with E-state index in [1.54, 1.807) is 25.1 Å². The van der Waals surface area contributed by atoms with Gasteiger partial charge in [0.2, 0.25) is 11.7 Å². The molecule has 1 saturated heterocycles. The Labute approximate surface area is 221 Å². The van der Waals surface area contributed by atoms with Crippen molar-refractivity contribution >= 4 is 23.2 Å². The van der Waals surface area contributed by atoms with Gasteiger partial charge in [-0.05, 0) is 80.4 Å². The number of carbonyl (C=O) groups excluding carboxylic acids is 1. The Balaban J connectivity index is 1.25. The van der Waals surface area contributed by atoms with Crippen molar-refractivity contribution in [2.24, 2.45) is 0 Å². The van der Waals surface area contributed by atoms with Crippen LogP contribution in [0.25, 0.3) is 22.5 Å². The summed E-state index contributed by atoms with van der Waals surface area (Å²) in [6, 6.07) is 19.3. The molecular formula is C29H29ClN4O3. The van der Waals surface area contributed by atoms with Crippen LogP contribution in [-0.2, 0) is 0 Å². The fraction of sp³-hybridized carbons (Fsp3) is 0.276. The number of ether oxygens (including phenoxy) is 1. The largest absolute Gasteiger partial charge is 0.490 e. The highest BCUT2D eigenvalue weighted by Crippen LogP contribution is 2.30. The summed E-state index contributed by atoms with van der Waals surface area (Å²) >= 11 is 6.34. The molecule has 0 spiro atoms. The number of halogens is 1. The maximum absolute atomic E-state index is 12.9. The van der Waals surface area contributed by atoms with E-state index in [2.05, 4.69) is 27.4 Å². The first-order valence-electron chi connectivity index (χ1n) is 12.3. The fourth-order valence-electron chi connectivity index (χ4n) is 4.62. The molecule has 5 rings (SSSR count). The van der Waals surface area contributed by atoms with Gasteiger partial charge in [-0.2, -0.15) is 4.98 Å². The number of aromatic nitrogens is 2. The molecule has 8 heteroatoms. The summed E-state index contributed by atoms with van der Waals surface area (Å²) in [5, 5.41) is 7.47. The van der Waals surface area contributed by atoms with E-state index in [-0.39, 0.29) is 5.91 Å². The molecule has 0 bridgehead atoms. The number of hydrogen-bond acceptors (Lipinski definition) is 6. The van der Waals surface area contributed by atoms with Crippen LogP contribution >= 0.6 is 11.6 Å². The standard InChI is InChI=1S/C29H29ClN4O3/c1-18-15-22(28-31-19(2)37-33-28)10-12-25(18)20-6-8-21(9-7-20)29(35)32-23-11-13-26(30)27(16-23)36-17-24-5-4-14-34(24)3/h6-13,15-16,24H,4-5,14,17H2,1-3H3,(H,32,35). The topological polar surface area (TPSA) is 80.5 Å². The summed E-state index contributed by atoms with van der Waals surface area (Å²) in [7, 11) is 2.11. The van der Waals surface area contributed by atoms with Crippen molar-refractivity contribution in [3.05, 3.63) is 82.7 Å². The van der Waals surface area contributed by atoms with Gasteiger partial charge in [0.15, 0.2) is 0 Å². The normalized spacial score (nSPS) is 15.6. The molecular weight excluding hydrogens is 488 g/mol. The van der Waals surface area contributed by atoms with E-state index in [0.29, 0.717) is 46.4 Å². The molecule has 1 N–H and O–H groups in total. The summed E-state index contributed by atoms with van der Waals surface area (Å²) in [5.41, 5.74) is 5.26. The number of likely N-dealkylation sites (tertiary alicyclic amines) is 1. The third kappa shape index (κ3) is 5.68.